The van der Waals surface area contributed by atoms with Crippen LogP contribution in [0.4, 0.5) is 0 Å². The fourth-order valence-corrected chi connectivity index (χ4v) is 2.73. The van der Waals surface area contributed by atoms with Crippen molar-refractivity contribution in [3.05, 3.63) is 57.6 Å². The summed E-state index contributed by atoms with van der Waals surface area (Å²) in [6, 6.07) is 8.92. The third-order valence-corrected chi connectivity index (χ3v) is 3.97. The zero-order chi connectivity index (χ0) is 16.2. The predicted octanol–water partition coefficient (Wildman–Crippen LogP) is 4.47. The van der Waals surface area contributed by atoms with Crippen molar-refractivity contribution in [1.29, 1.82) is 0 Å². The van der Waals surface area contributed by atoms with E-state index in [1.165, 1.54) is 11.3 Å². The van der Waals surface area contributed by atoms with Crippen LogP contribution in [-0.2, 0) is 4.79 Å². The predicted molar refractivity (Wildman–Crippen MR) is 89.2 cm³/mol. The van der Waals surface area contributed by atoms with Gasteiger partial charge in [-0.2, -0.15) is 16.3 Å². The lowest BCUT2D eigenvalue weighted by Gasteiger charge is -2.00. The molecule has 23 heavy (non-hydrogen) atoms. The molecule has 3 rings (SSSR count). The molecule has 3 aromatic rings. The molecule has 1 aromatic carbocycles. The Hall–Kier alpha value is -2.44. The molecule has 0 amide bonds. The zero-order valence-electron chi connectivity index (χ0n) is 11.8. The quantitative estimate of drug-likeness (QED) is 0.737. The van der Waals surface area contributed by atoms with Gasteiger partial charge in [-0.05, 0) is 35.2 Å². The van der Waals surface area contributed by atoms with E-state index in [0.29, 0.717) is 16.4 Å². The first-order chi connectivity index (χ1) is 11.1. The number of carboxylic acid groups (broad SMARTS) is 1. The number of thiophene rings is 1. The zero-order valence-corrected chi connectivity index (χ0v) is 13.3. The van der Waals surface area contributed by atoms with Crippen LogP contribution < -0.4 is 0 Å². The van der Waals surface area contributed by atoms with Crippen molar-refractivity contribution >= 4 is 40.6 Å². The van der Waals surface area contributed by atoms with Crippen molar-refractivity contribution in [1.82, 2.24) is 10.1 Å². The summed E-state index contributed by atoms with van der Waals surface area (Å²) in [6.07, 6.45) is 1.49. The molecule has 7 heteroatoms. The Morgan fingerprint density at radius 3 is 2.74 bits per heavy atom. The van der Waals surface area contributed by atoms with Gasteiger partial charge in [0, 0.05) is 21.5 Å². The smallest absolute Gasteiger partial charge is 0.308 e. The highest BCUT2D eigenvalue weighted by Gasteiger charge is 2.16. The molecule has 116 valence electrons. The monoisotopic (exact) mass is 346 g/mol. The maximum atomic E-state index is 11.1. The summed E-state index contributed by atoms with van der Waals surface area (Å²) in [5, 5.41) is 17.4. The second kappa shape index (κ2) is 6.76. The Bertz CT molecular complexity index is 839. The van der Waals surface area contributed by atoms with Gasteiger partial charge >= 0.3 is 5.97 Å². The lowest BCUT2D eigenvalue weighted by molar-refractivity contribution is -0.135. The highest BCUT2D eigenvalue weighted by atomic mass is 35.5. The van der Waals surface area contributed by atoms with E-state index in [2.05, 4.69) is 10.1 Å². The number of rotatable bonds is 5. The standard InChI is InChI=1S/C16H11ClN2O3S/c17-13-3-1-10(2-4-13)7-12(8-14(20)21)16-18-15(19-22-16)11-5-6-23-9-11/h1-7,9H,8H2,(H,20,21)/b12-7+. The molecule has 0 spiro atoms. The van der Waals surface area contributed by atoms with Gasteiger partial charge in [0.15, 0.2) is 0 Å². The molecule has 0 aliphatic heterocycles. The minimum absolute atomic E-state index is 0.198. The molecular formula is C16H11ClN2O3S. The number of aliphatic carboxylic acids is 1. The fraction of sp³-hybridized carbons (Fsp3) is 0.0625. The second-order valence-corrected chi connectivity index (χ2v) is 5.94. The average molecular weight is 347 g/mol. The number of aromatic nitrogens is 2. The van der Waals surface area contributed by atoms with Gasteiger partial charge in [0.2, 0.25) is 5.82 Å². The molecule has 0 aliphatic carbocycles. The first-order valence-corrected chi connectivity index (χ1v) is 7.98. The van der Waals surface area contributed by atoms with E-state index in [1.54, 1.807) is 30.3 Å². The van der Waals surface area contributed by atoms with Gasteiger partial charge in [-0.3, -0.25) is 4.79 Å². The molecule has 0 saturated heterocycles. The maximum absolute atomic E-state index is 11.1. The van der Waals surface area contributed by atoms with Crippen molar-refractivity contribution in [3.8, 4) is 11.4 Å². The van der Waals surface area contributed by atoms with E-state index in [0.717, 1.165) is 11.1 Å². The Morgan fingerprint density at radius 2 is 2.09 bits per heavy atom. The van der Waals surface area contributed by atoms with Crippen LogP contribution in [0.3, 0.4) is 0 Å². The summed E-state index contributed by atoms with van der Waals surface area (Å²) in [5.74, 6) is -0.335. The van der Waals surface area contributed by atoms with Gasteiger partial charge in [-0.1, -0.05) is 28.9 Å². The molecule has 2 aromatic heterocycles. The Balaban J connectivity index is 1.96. The van der Waals surface area contributed by atoms with E-state index in [-0.39, 0.29) is 12.3 Å². The maximum Gasteiger partial charge on any atom is 0.308 e. The van der Waals surface area contributed by atoms with E-state index in [9.17, 15) is 4.79 Å². The average Bonchev–Trinajstić information content (AvgIpc) is 3.19. The van der Waals surface area contributed by atoms with Gasteiger partial charge in [0.25, 0.3) is 5.89 Å². The second-order valence-electron chi connectivity index (χ2n) is 4.73. The third kappa shape index (κ3) is 3.85. The van der Waals surface area contributed by atoms with Crippen molar-refractivity contribution in [2.75, 3.05) is 0 Å². The highest BCUT2D eigenvalue weighted by molar-refractivity contribution is 7.08. The molecule has 0 fully saturated rings. The van der Waals surface area contributed by atoms with Crippen LogP contribution >= 0.6 is 22.9 Å². The summed E-state index contributed by atoms with van der Waals surface area (Å²) < 4.78 is 5.23. The van der Waals surface area contributed by atoms with E-state index < -0.39 is 5.97 Å². The Kier molecular flexibility index (Phi) is 4.55. The fourth-order valence-electron chi connectivity index (χ4n) is 1.97. The first kappa shape index (κ1) is 15.5. The lowest BCUT2D eigenvalue weighted by atomic mass is 10.1. The van der Waals surface area contributed by atoms with Gasteiger partial charge in [0.05, 0.1) is 6.42 Å². The minimum Gasteiger partial charge on any atom is -0.481 e. The van der Waals surface area contributed by atoms with Crippen LogP contribution in [0.25, 0.3) is 23.0 Å². The van der Waals surface area contributed by atoms with Gasteiger partial charge in [0.1, 0.15) is 0 Å². The van der Waals surface area contributed by atoms with Crippen molar-refractivity contribution < 1.29 is 14.4 Å². The summed E-state index contributed by atoms with van der Waals surface area (Å²) in [4.78, 5) is 15.4. The molecule has 1 N–H and O–H groups in total. The molecule has 0 bridgehead atoms. The first-order valence-electron chi connectivity index (χ1n) is 6.66. The molecule has 2 heterocycles. The number of benzene rings is 1. The molecular weight excluding hydrogens is 336 g/mol. The summed E-state index contributed by atoms with van der Waals surface area (Å²) in [7, 11) is 0. The highest BCUT2D eigenvalue weighted by Crippen LogP contribution is 2.25. The van der Waals surface area contributed by atoms with Crippen molar-refractivity contribution in [2.45, 2.75) is 6.42 Å². The molecule has 0 unspecified atom stereocenters. The molecule has 0 aliphatic rings. The number of carbonyl (C=O) groups is 1. The van der Waals surface area contributed by atoms with Crippen LogP contribution in [0, 0.1) is 0 Å². The summed E-state index contributed by atoms with van der Waals surface area (Å²) in [6.45, 7) is 0. The third-order valence-electron chi connectivity index (χ3n) is 3.03. The van der Waals surface area contributed by atoms with E-state index in [4.69, 9.17) is 21.2 Å². The number of hydrogen-bond acceptors (Lipinski definition) is 5. The number of hydrogen-bond donors (Lipinski definition) is 1. The molecule has 5 nitrogen and oxygen atoms in total. The molecule has 0 saturated carbocycles. The van der Waals surface area contributed by atoms with Crippen LogP contribution in [0.15, 0.2) is 45.6 Å². The largest absolute Gasteiger partial charge is 0.481 e. The SMILES string of the molecule is O=C(O)C/C(=C\c1ccc(Cl)cc1)c1nc(-c2ccsc2)no1. The number of halogens is 1. The van der Waals surface area contributed by atoms with E-state index in [1.807, 2.05) is 16.8 Å². The topological polar surface area (TPSA) is 76.2 Å². The number of nitrogens with zero attached hydrogens (tertiary/aromatic N) is 2. The minimum atomic E-state index is -0.972. The van der Waals surface area contributed by atoms with Crippen LogP contribution in [0.1, 0.15) is 17.9 Å². The van der Waals surface area contributed by atoms with Crippen LogP contribution in [0.5, 0.6) is 0 Å². The summed E-state index contributed by atoms with van der Waals surface area (Å²) in [5.41, 5.74) is 2.08. The summed E-state index contributed by atoms with van der Waals surface area (Å²) >= 11 is 7.38. The van der Waals surface area contributed by atoms with Crippen molar-refractivity contribution in [3.63, 3.8) is 0 Å². The lowest BCUT2D eigenvalue weighted by Crippen LogP contribution is -1.97. The van der Waals surface area contributed by atoms with Gasteiger partial charge < -0.3 is 9.63 Å². The van der Waals surface area contributed by atoms with Crippen LogP contribution in [-0.4, -0.2) is 21.2 Å². The van der Waals surface area contributed by atoms with E-state index >= 15 is 0 Å². The molecule has 0 radical (unpaired) electrons. The van der Waals surface area contributed by atoms with Gasteiger partial charge in [-0.25, -0.2) is 0 Å². The van der Waals surface area contributed by atoms with Gasteiger partial charge in [-0.15, -0.1) is 0 Å². The molecule has 0 atom stereocenters. The van der Waals surface area contributed by atoms with Crippen molar-refractivity contribution in [2.24, 2.45) is 0 Å². The Labute approximate surface area is 140 Å². The van der Waals surface area contributed by atoms with Crippen LogP contribution in [0.2, 0.25) is 5.02 Å². The number of carboxylic acids is 1. The Morgan fingerprint density at radius 1 is 1.30 bits per heavy atom. The normalized spacial score (nSPS) is 11.6.